The van der Waals surface area contributed by atoms with Crippen LogP contribution in [0.5, 0.6) is 0 Å². The van der Waals surface area contributed by atoms with Crippen molar-refractivity contribution in [2.75, 3.05) is 20.1 Å². The number of allylic oxidation sites excluding steroid dienone is 1. The van der Waals surface area contributed by atoms with Crippen LogP contribution in [0.3, 0.4) is 0 Å². The van der Waals surface area contributed by atoms with E-state index in [4.69, 9.17) is 0 Å². The number of rotatable bonds is 6. The number of nitrogens with zero attached hydrogens (tertiary/aromatic N) is 1. The SMILES string of the molecule is C/C=C/CCNC(=NC)NCC1(c2cccc(F)c2)CC1. The van der Waals surface area contributed by atoms with E-state index >= 15 is 0 Å². The predicted octanol–water partition coefficient (Wildman–Crippen LogP) is 2.99. The van der Waals surface area contributed by atoms with Gasteiger partial charge in [-0.3, -0.25) is 4.99 Å². The Morgan fingerprint density at radius 1 is 1.38 bits per heavy atom. The van der Waals surface area contributed by atoms with Gasteiger partial charge in [0.25, 0.3) is 0 Å². The highest BCUT2D eigenvalue weighted by Gasteiger charge is 2.44. The maximum atomic E-state index is 13.4. The van der Waals surface area contributed by atoms with E-state index in [1.165, 1.54) is 6.07 Å². The van der Waals surface area contributed by atoms with Crippen LogP contribution in [-0.4, -0.2) is 26.1 Å². The Morgan fingerprint density at radius 2 is 2.19 bits per heavy atom. The first-order chi connectivity index (χ1) is 10.2. The number of hydrogen-bond donors (Lipinski definition) is 2. The van der Waals surface area contributed by atoms with Gasteiger partial charge in [0.1, 0.15) is 5.82 Å². The van der Waals surface area contributed by atoms with Gasteiger partial charge >= 0.3 is 0 Å². The van der Waals surface area contributed by atoms with Crippen LogP contribution in [0.2, 0.25) is 0 Å². The topological polar surface area (TPSA) is 36.4 Å². The Kier molecular flexibility index (Phi) is 5.37. The number of nitrogens with one attached hydrogen (secondary N) is 2. The molecule has 0 heterocycles. The van der Waals surface area contributed by atoms with E-state index in [9.17, 15) is 4.39 Å². The maximum Gasteiger partial charge on any atom is 0.191 e. The van der Waals surface area contributed by atoms with E-state index in [1.54, 1.807) is 19.2 Å². The lowest BCUT2D eigenvalue weighted by atomic mass is 9.96. The summed E-state index contributed by atoms with van der Waals surface area (Å²) >= 11 is 0. The molecule has 2 rings (SSSR count). The van der Waals surface area contributed by atoms with E-state index < -0.39 is 0 Å². The molecule has 0 spiro atoms. The van der Waals surface area contributed by atoms with E-state index in [2.05, 4.69) is 21.7 Å². The molecule has 1 aromatic carbocycles. The number of guanidine groups is 1. The predicted molar refractivity (Wildman–Crippen MR) is 86.1 cm³/mol. The molecule has 0 radical (unpaired) electrons. The van der Waals surface area contributed by atoms with Crippen molar-refractivity contribution >= 4 is 5.96 Å². The Balaban J connectivity index is 1.86. The molecule has 1 saturated carbocycles. The minimum atomic E-state index is -0.160. The zero-order chi connectivity index (χ0) is 15.1. The summed E-state index contributed by atoms with van der Waals surface area (Å²) in [7, 11) is 1.77. The Hall–Kier alpha value is -1.84. The molecule has 4 heteroatoms. The first-order valence-electron chi connectivity index (χ1n) is 7.52. The van der Waals surface area contributed by atoms with Crippen molar-refractivity contribution in [1.29, 1.82) is 0 Å². The van der Waals surface area contributed by atoms with Gasteiger partial charge in [-0.2, -0.15) is 0 Å². The highest BCUT2D eigenvalue weighted by Crippen LogP contribution is 2.47. The van der Waals surface area contributed by atoms with Crippen molar-refractivity contribution in [1.82, 2.24) is 10.6 Å². The summed E-state index contributed by atoms with van der Waals surface area (Å²) in [6.07, 6.45) is 7.33. The van der Waals surface area contributed by atoms with Gasteiger partial charge in [0.05, 0.1) is 0 Å². The summed E-state index contributed by atoms with van der Waals surface area (Å²) in [5.41, 5.74) is 1.16. The maximum absolute atomic E-state index is 13.4. The molecule has 0 aromatic heterocycles. The van der Waals surface area contributed by atoms with E-state index in [0.717, 1.165) is 43.9 Å². The second-order valence-electron chi connectivity index (χ2n) is 5.50. The molecule has 0 amide bonds. The lowest BCUT2D eigenvalue weighted by molar-refractivity contribution is 0.607. The van der Waals surface area contributed by atoms with Gasteiger partial charge in [-0.1, -0.05) is 24.3 Å². The molecular formula is C17H24FN3. The van der Waals surface area contributed by atoms with Crippen molar-refractivity contribution in [3.8, 4) is 0 Å². The molecule has 0 unspecified atom stereocenters. The van der Waals surface area contributed by atoms with Crippen LogP contribution in [0.4, 0.5) is 4.39 Å². The molecule has 0 aliphatic heterocycles. The molecule has 1 fully saturated rings. The summed E-state index contributed by atoms with van der Waals surface area (Å²) < 4.78 is 13.4. The molecule has 1 aliphatic rings. The van der Waals surface area contributed by atoms with Crippen molar-refractivity contribution in [2.24, 2.45) is 4.99 Å². The van der Waals surface area contributed by atoms with Gasteiger partial charge in [-0.05, 0) is 43.9 Å². The zero-order valence-electron chi connectivity index (χ0n) is 12.8. The minimum Gasteiger partial charge on any atom is -0.356 e. The van der Waals surface area contributed by atoms with Gasteiger partial charge in [0.2, 0.25) is 0 Å². The van der Waals surface area contributed by atoms with Gasteiger partial charge in [-0.15, -0.1) is 0 Å². The number of hydrogen-bond acceptors (Lipinski definition) is 1. The van der Waals surface area contributed by atoms with Crippen molar-refractivity contribution in [3.63, 3.8) is 0 Å². The number of aliphatic imine (C=N–C) groups is 1. The zero-order valence-corrected chi connectivity index (χ0v) is 12.8. The van der Waals surface area contributed by atoms with Crippen LogP contribution in [0.25, 0.3) is 0 Å². The third-order valence-corrected chi connectivity index (χ3v) is 3.95. The van der Waals surface area contributed by atoms with Crippen molar-refractivity contribution in [3.05, 3.63) is 47.8 Å². The van der Waals surface area contributed by atoms with Crippen molar-refractivity contribution in [2.45, 2.75) is 31.6 Å². The molecule has 0 saturated heterocycles. The van der Waals surface area contributed by atoms with E-state index in [0.29, 0.717) is 0 Å². The fourth-order valence-electron chi connectivity index (χ4n) is 2.45. The quantitative estimate of drug-likeness (QED) is 0.365. The Labute approximate surface area is 126 Å². The van der Waals surface area contributed by atoms with Gasteiger partial charge in [0, 0.05) is 25.6 Å². The number of halogens is 1. The molecule has 0 bridgehead atoms. The molecule has 0 atom stereocenters. The third kappa shape index (κ3) is 4.31. The van der Waals surface area contributed by atoms with Gasteiger partial charge in [0.15, 0.2) is 5.96 Å². The fourth-order valence-corrected chi connectivity index (χ4v) is 2.45. The Morgan fingerprint density at radius 3 is 2.81 bits per heavy atom. The molecular weight excluding hydrogens is 265 g/mol. The molecule has 114 valence electrons. The lowest BCUT2D eigenvalue weighted by Gasteiger charge is -2.19. The second kappa shape index (κ2) is 7.25. The van der Waals surface area contributed by atoms with Crippen molar-refractivity contribution < 1.29 is 4.39 Å². The van der Waals surface area contributed by atoms with Crippen LogP contribution in [0, 0.1) is 5.82 Å². The third-order valence-electron chi connectivity index (χ3n) is 3.95. The average molecular weight is 289 g/mol. The largest absolute Gasteiger partial charge is 0.356 e. The van der Waals surface area contributed by atoms with Crippen LogP contribution in [0.15, 0.2) is 41.4 Å². The highest BCUT2D eigenvalue weighted by atomic mass is 19.1. The molecule has 1 aromatic rings. The van der Waals surface area contributed by atoms with E-state index in [-0.39, 0.29) is 11.2 Å². The van der Waals surface area contributed by atoms with Gasteiger partial charge < -0.3 is 10.6 Å². The average Bonchev–Trinajstić information content (AvgIpc) is 3.28. The normalized spacial score (nSPS) is 17.0. The van der Waals surface area contributed by atoms with E-state index in [1.807, 2.05) is 19.1 Å². The fraction of sp³-hybridized carbons (Fsp3) is 0.471. The standard InChI is InChI=1S/C17H24FN3/c1-3-4-5-11-20-16(19-2)21-13-17(9-10-17)14-7-6-8-15(18)12-14/h3-4,6-8,12H,5,9-11,13H2,1-2H3,(H2,19,20,21)/b4-3+. The first kappa shape index (κ1) is 15.5. The summed E-state index contributed by atoms with van der Waals surface area (Å²) in [5, 5.41) is 6.64. The summed E-state index contributed by atoms with van der Waals surface area (Å²) in [5.74, 6) is 0.648. The van der Waals surface area contributed by atoms with Crippen LogP contribution in [-0.2, 0) is 5.41 Å². The molecule has 21 heavy (non-hydrogen) atoms. The summed E-state index contributed by atoms with van der Waals surface area (Å²) in [6, 6.07) is 6.94. The highest BCUT2D eigenvalue weighted by molar-refractivity contribution is 5.79. The van der Waals surface area contributed by atoms with Crippen LogP contribution >= 0.6 is 0 Å². The second-order valence-corrected chi connectivity index (χ2v) is 5.50. The minimum absolute atomic E-state index is 0.0725. The molecule has 1 aliphatic carbocycles. The Bertz CT molecular complexity index is 519. The monoisotopic (exact) mass is 289 g/mol. The molecule has 2 N–H and O–H groups in total. The summed E-state index contributed by atoms with van der Waals surface area (Å²) in [6.45, 7) is 3.67. The summed E-state index contributed by atoms with van der Waals surface area (Å²) in [4.78, 5) is 4.22. The van der Waals surface area contributed by atoms with Gasteiger partial charge in [-0.25, -0.2) is 4.39 Å². The van der Waals surface area contributed by atoms with Crippen LogP contribution in [0.1, 0.15) is 31.7 Å². The number of benzene rings is 1. The van der Waals surface area contributed by atoms with Crippen LogP contribution < -0.4 is 10.6 Å². The first-order valence-corrected chi connectivity index (χ1v) is 7.52. The smallest absolute Gasteiger partial charge is 0.191 e. The lowest BCUT2D eigenvalue weighted by Crippen LogP contribution is -2.41. The molecule has 3 nitrogen and oxygen atoms in total.